The Morgan fingerprint density at radius 2 is 2.07 bits per heavy atom. The maximum atomic E-state index is 10.4. The molecule has 0 saturated heterocycles. The molecule has 0 fully saturated rings. The SMILES string of the molecule is CCOc1ccccc1/C=C(\O)C(=O)O. The Balaban J connectivity index is 3.03. The molecule has 0 aliphatic heterocycles. The zero-order valence-electron chi connectivity index (χ0n) is 8.30. The number of rotatable bonds is 4. The minimum Gasteiger partial charge on any atom is -0.502 e. The van der Waals surface area contributed by atoms with Gasteiger partial charge in [-0.3, -0.25) is 0 Å². The smallest absolute Gasteiger partial charge is 0.370 e. The van der Waals surface area contributed by atoms with Crippen LogP contribution in [-0.4, -0.2) is 22.8 Å². The summed E-state index contributed by atoms with van der Waals surface area (Å²) in [6, 6.07) is 6.90. The van der Waals surface area contributed by atoms with Crippen LogP contribution in [0.25, 0.3) is 6.08 Å². The third-order valence-electron chi connectivity index (χ3n) is 1.73. The summed E-state index contributed by atoms with van der Waals surface area (Å²) in [5, 5.41) is 17.6. The van der Waals surface area contributed by atoms with Gasteiger partial charge in [-0.2, -0.15) is 0 Å². The van der Waals surface area contributed by atoms with Gasteiger partial charge >= 0.3 is 5.97 Å². The van der Waals surface area contributed by atoms with Gasteiger partial charge in [-0.15, -0.1) is 0 Å². The molecule has 15 heavy (non-hydrogen) atoms. The van der Waals surface area contributed by atoms with Crippen LogP contribution in [0.4, 0.5) is 0 Å². The Hall–Kier alpha value is -1.97. The van der Waals surface area contributed by atoms with Gasteiger partial charge in [-0.1, -0.05) is 18.2 Å². The third-order valence-corrected chi connectivity index (χ3v) is 1.73. The summed E-state index contributed by atoms with van der Waals surface area (Å²) < 4.78 is 5.27. The van der Waals surface area contributed by atoms with E-state index < -0.39 is 11.7 Å². The van der Waals surface area contributed by atoms with Crippen LogP contribution in [0.1, 0.15) is 12.5 Å². The number of aliphatic hydroxyl groups excluding tert-OH is 1. The second kappa shape index (κ2) is 5.05. The Bertz CT molecular complexity index is 382. The van der Waals surface area contributed by atoms with Crippen molar-refractivity contribution in [2.24, 2.45) is 0 Å². The van der Waals surface area contributed by atoms with Gasteiger partial charge in [0.05, 0.1) is 6.61 Å². The molecule has 4 heteroatoms. The Labute approximate surface area is 87.4 Å². The van der Waals surface area contributed by atoms with Gasteiger partial charge < -0.3 is 14.9 Å². The number of carboxylic acids is 1. The van der Waals surface area contributed by atoms with E-state index in [2.05, 4.69) is 0 Å². The molecule has 0 spiro atoms. The van der Waals surface area contributed by atoms with Crippen LogP contribution in [0.2, 0.25) is 0 Å². The number of aliphatic carboxylic acids is 1. The van der Waals surface area contributed by atoms with Crippen LogP contribution in [0.5, 0.6) is 5.75 Å². The number of benzene rings is 1. The van der Waals surface area contributed by atoms with Gasteiger partial charge in [0.15, 0.2) is 0 Å². The van der Waals surface area contributed by atoms with E-state index in [0.29, 0.717) is 17.9 Å². The van der Waals surface area contributed by atoms with E-state index in [-0.39, 0.29) is 0 Å². The van der Waals surface area contributed by atoms with Crippen LogP contribution in [0.15, 0.2) is 30.0 Å². The molecule has 2 N–H and O–H groups in total. The molecule has 0 radical (unpaired) electrons. The van der Waals surface area contributed by atoms with Crippen molar-refractivity contribution in [2.45, 2.75) is 6.92 Å². The lowest BCUT2D eigenvalue weighted by atomic mass is 10.2. The lowest BCUT2D eigenvalue weighted by Crippen LogP contribution is -1.99. The number of hydrogen-bond donors (Lipinski definition) is 2. The fraction of sp³-hybridized carbons (Fsp3) is 0.182. The maximum absolute atomic E-state index is 10.4. The van der Waals surface area contributed by atoms with E-state index in [1.165, 1.54) is 0 Å². The van der Waals surface area contributed by atoms with Crippen LogP contribution in [0.3, 0.4) is 0 Å². The second-order valence-corrected chi connectivity index (χ2v) is 2.81. The highest BCUT2D eigenvalue weighted by molar-refractivity contribution is 5.89. The summed E-state index contributed by atoms with van der Waals surface area (Å²) in [6.07, 6.45) is 1.16. The fourth-order valence-electron chi connectivity index (χ4n) is 1.10. The van der Waals surface area contributed by atoms with E-state index in [4.69, 9.17) is 14.9 Å². The molecular weight excluding hydrogens is 196 g/mol. The molecule has 0 bridgehead atoms. The van der Waals surface area contributed by atoms with Gasteiger partial charge in [0.1, 0.15) is 5.75 Å². The van der Waals surface area contributed by atoms with Crippen molar-refractivity contribution < 1.29 is 19.7 Å². The summed E-state index contributed by atoms with van der Waals surface area (Å²) in [5.74, 6) is -1.52. The predicted molar refractivity (Wildman–Crippen MR) is 55.9 cm³/mol. The molecule has 1 rings (SSSR count). The Morgan fingerprint density at radius 1 is 1.40 bits per heavy atom. The predicted octanol–water partition coefficient (Wildman–Crippen LogP) is 2.07. The topological polar surface area (TPSA) is 66.8 Å². The molecule has 80 valence electrons. The molecule has 4 nitrogen and oxygen atoms in total. The normalized spacial score (nSPS) is 11.1. The first-order valence-corrected chi connectivity index (χ1v) is 4.51. The largest absolute Gasteiger partial charge is 0.502 e. The van der Waals surface area contributed by atoms with Gasteiger partial charge in [0, 0.05) is 5.56 Å². The molecule has 0 amide bonds. The lowest BCUT2D eigenvalue weighted by molar-refractivity contribution is -0.135. The molecule has 0 heterocycles. The lowest BCUT2D eigenvalue weighted by Gasteiger charge is -2.06. The van der Waals surface area contributed by atoms with Gasteiger partial charge in [-0.25, -0.2) is 4.79 Å². The van der Waals surface area contributed by atoms with E-state index in [9.17, 15) is 4.79 Å². The van der Waals surface area contributed by atoms with Crippen molar-refractivity contribution in [3.8, 4) is 5.75 Å². The quantitative estimate of drug-likeness (QED) is 0.587. The number of aliphatic hydroxyl groups is 1. The Morgan fingerprint density at radius 3 is 2.67 bits per heavy atom. The average molecular weight is 208 g/mol. The van der Waals surface area contributed by atoms with E-state index in [0.717, 1.165) is 6.08 Å². The van der Waals surface area contributed by atoms with Crippen molar-refractivity contribution in [3.63, 3.8) is 0 Å². The molecule has 0 unspecified atom stereocenters. The fourth-order valence-corrected chi connectivity index (χ4v) is 1.10. The maximum Gasteiger partial charge on any atom is 0.370 e. The second-order valence-electron chi connectivity index (χ2n) is 2.81. The molecule has 1 aromatic rings. The summed E-state index contributed by atoms with van der Waals surface area (Å²) in [4.78, 5) is 10.4. The average Bonchev–Trinajstić information content (AvgIpc) is 2.21. The van der Waals surface area contributed by atoms with Crippen LogP contribution in [0, 0.1) is 0 Å². The summed E-state index contributed by atoms with van der Waals surface area (Å²) >= 11 is 0. The summed E-state index contributed by atoms with van der Waals surface area (Å²) in [6.45, 7) is 2.32. The standard InChI is InChI=1S/C11H12O4/c1-2-15-10-6-4-3-5-8(10)7-9(12)11(13)14/h3-7,12H,2H2,1H3,(H,13,14)/b9-7-. The van der Waals surface area contributed by atoms with Crippen molar-refractivity contribution >= 4 is 12.0 Å². The zero-order chi connectivity index (χ0) is 11.3. The van der Waals surface area contributed by atoms with Gasteiger partial charge in [0.2, 0.25) is 5.76 Å². The van der Waals surface area contributed by atoms with Crippen LogP contribution < -0.4 is 4.74 Å². The minimum absolute atomic E-state index is 0.485. The first-order valence-electron chi connectivity index (χ1n) is 4.51. The van der Waals surface area contributed by atoms with Crippen molar-refractivity contribution in [3.05, 3.63) is 35.6 Å². The molecule has 0 atom stereocenters. The molecule has 0 aliphatic carbocycles. The number of para-hydroxylation sites is 1. The Kier molecular flexibility index (Phi) is 3.74. The highest BCUT2D eigenvalue weighted by Crippen LogP contribution is 2.20. The number of ether oxygens (including phenoxy) is 1. The van der Waals surface area contributed by atoms with E-state index in [1.54, 1.807) is 24.3 Å². The van der Waals surface area contributed by atoms with Crippen molar-refractivity contribution in [1.82, 2.24) is 0 Å². The number of carbonyl (C=O) groups is 1. The van der Waals surface area contributed by atoms with Crippen molar-refractivity contribution in [2.75, 3.05) is 6.61 Å². The summed E-state index contributed by atoms with van der Waals surface area (Å²) in [7, 11) is 0. The third kappa shape index (κ3) is 3.02. The van der Waals surface area contributed by atoms with Gasteiger partial charge in [0.25, 0.3) is 0 Å². The molecule has 0 saturated carbocycles. The number of carboxylic acid groups (broad SMARTS) is 1. The number of hydrogen-bond acceptors (Lipinski definition) is 3. The summed E-state index contributed by atoms with van der Waals surface area (Å²) in [5.41, 5.74) is 0.541. The molecule has 1 aromatic carbocycles. The zero-order valence-corrected chi connectivity index (χ0v) is 8.30. The molecule has 0 aliphatic rings. The van der Waals surface area contributed by atoms with E-state index >= 15 is 0 Å². The van der Waals surface area contributed by atoms with Crippen LogP contribution in [-0.2, 0) is 4.79 Å². The first kappa shape index (κ1) is 11.1. The minimum atomic E-state index is -1.36. The van der Waals surface area contributed by atoms with Crippen molar-refractivity contribution in [1.29, 1.82) is 0 Å². The highest BCUT2D eigenvalue weighted by atomic mass is 16.5. The van der Waals surface area contributed by atoms with E-state index in [1.807, 2.05) is 6.92 Å². The van der Waals surface area contributed by atoms with Gasteiger partial charge in [-0.05, 0) is 19.1 Å². The van der Waals surface area contributed by atoms with Crippen LogP contribution >= 0.6 is 0 Å². The first-order chi connectivity index (χ1) is 7.15. The highest BCUT2D eigenvalue weighted by Gasteiger charge is 2.06. The molecule has 0 aromatic heterocycles. The molecular formula is C11H12O4. The monoisotopic (exact) mass is 208 g/mol.